The number of carbonyl (C=O) groups excluding carboxylic acids is 1. The molecule has 4 aliphatic rings. The Morgan fingerprint density at radius 3 is 2.11 bits per heavy atom. The van der Waals surface area contributed by atoms with Crippen LogP contribution >= 0.6 is 12.4 Å². The maximum absolute atomic E-state index is 12.2. The van der Waals surface area contributed by atoms with E-state index in [2.05, 4.69) is 10.2 Å². The van der Waals surface area contributed by atoms with Crippen LogP contribution in [0.4, 0.5) is 0 Å². The molecule has 110 valence electrons. The second-order valence-electron chi connectivity index (χ2n) is 6.78. The summed E-state index contributed by atoms with van der Waals surface area (Å²) >= 11 is 0. The molecule has 4 bridgehead atoms. The molecule has 0 radical (unpaired) electrons. The lowest BCUT2D eigenvalue weighted by atomic mass is 9.54. The molecule has 1 N–H and O–H groups in total. The van der Waals surface area contributed by atoms with Gasteiger partial charge in [-0.3, -0.25) is 4.79 Å². The summed E-state index contributed by atoms with van der Waals surface area (Å²) in [6.45, 7) is 0.802. The molecule has 0 spiro atoms. The Morgan fingerprint density at radius 1 is 1.11 bits per heavy atom. The summed E-state index contributed by atoms with van der Waals surface area (Å²) in [5.41, 5.74) is 0. The fraction of sp³-hybridized carbons (Fsp3) is 0.933. The second-order valence-corrected chi connectivity index (χ2v) is 6.78. The van der Waals surface area contributed by atoms with Gasteiger partial charge in [0.2, 0.25) is 5.91 Å². The summed E-state index contributed by atoms with van der Waals surface area (Å²) in [7, 11) is 3.96. The second kappa shape index (κ2) is 6.01. The molecular weight excluding hydrogens is 260 g/mol. The molecule has 0 unspecified atom stereocenters. The number of hydrogen-bond donors (Lipinski definition) is 1. The minimum absolute atomic E-state index is 0. The zero-order valence-corrected chi connectivity index (χ0v) is 12.9. The fourth-order valence-corrected chi connectivity index (χ4v) is 5.10. The Labute approximate surface area is 122 Å². The van der Waals surface area contributed by atoms with Gasteiger partial charge < -0.3 is 10.2 Å². The van der Waals surface area contributed by atoms with Crippen LogP contribution in [-0.4, -0.2) is 37.5 Å². The van der Waals surface area contributed by atoms with Crippen LogP contribution < -0.4 is 5.32 Å². The monoisotopic (exact) mass is 286 g/mol. The van der Waals surface area contributed by atoms with Crippen molar-refractivity contribution in [2.45, 2.75) is 44.6 Å². The molecule has 0 aromatic rings. The van der Waals surface area contributed by atoms with Crippen molar-refractivity contribution in [1.29, 1.82) is 0 Å². The zero-order valence-electron chi connectivity index (χ0n) is 12.1. The highest BCUT2D eigenvalue weighted by molar-refractivity contribution is 5.85. The topological polar surface area (TPSA) is 32.3 Å². The SMILES string of the molecule is CNCCC(=O)N(C)C1C2CC3CC(C2)CC1C3.Cl. The molecule has 4 aliphatic carbocycles. The minimum Gasteiger partial charge on any atom is -0.342 e. The molecular formula is C15H27ClN2O. The van der Waals surface area contributed by atoms with Crippen molar-refractivity contribution in [1.82, 2.24) is 10.2 Å². The summed E-state index contributed by atoms with van der Waals surface area (Å²) in [4.78, 5) is 14.3. The molecule has 0 atom stereocenters. The molecule has 19 heavy (non-hydrogen) atoms. The normalized spacial score (nSPS) is 38.9. The Bertz CT molecular complexity index is 306. The van der Waals surface area contributed by atoms with E-state index in [1.54, 1.807) is 0 Å². The number of halogens is 1. The Morgan fingerprint density at radius 2 is 1.63 bits per heavy atom. The van der Waals surface area contributed by atoms with E-state index in [9.17, 15) is 4.79 Å². The van der Waals surface area contributed by atoms with Crippen LogP contribution in [-0.2, 0) is 4.79 Å². The van der Waals surface area contributed by atoms with E-state index >= 15 is 0 Å². The lowest BCUT2D eigenvalue weighted by Gasteiger charge is -2.56. The van der Waals surface area contributed by atoms with E-state index in [-0.39, 0.29) is 12.4 Å². The zero-order chi connectivity index (χ0) is 12.7. The lowest BCUT2D eigenvalue weighted by molar-refractivity contribution is -0.141. The van der Waals surface area contributed by atoms with Gasteiger partial charge in [-0.25, -0.2) is 0 Å². The van der Waals surface area contributed by atoms with E-state index in [4.69, 9.17) is 0 Å². The van der Waals surface area contributed by atoms with Gasteiger partial charge in [0.05, 0.1) is 0 Å². The van der Waals surface area contributed by atoms with Crippen LogP contribution in [0.5, 0.6) is 0 Å². The van der Waals surface area contributed by atoms with Gasteiger partial charge in [-0.1, -0.05) is 0 Å². The number of amides is 1. The average molecular weight is 287 g/mol. The van der Waals surface area contributed by atoms with Gasteiger partial charge in [0.15, 0.2) is 0 Å². The Hall–Kier alpha value is -0.280. The first-order valence-electron chi connectivity index (χ1n) is 7.59. The van der Waals surface area contributed by atoms with Crippen molar-refractivity contribution in [3.63, 3.8) is 0 Å². The first-order chi connectivity index (χ1) is 8.69. The maximum Gasteiger partial charge on any atom is 0.223 e. The maximum atomic E-state index is 12.2. The smallest absolute Gasteiger partial charge is 0.223 e. The quantitative estimate of drug-likeness (QED) is 0.860. The van der Waals surface area contributed by atoms with Crippen LogP contribution in [0.2, 0.25) is 0 Å². The third kappa shape index (κ3) is 2.78. The molecule has 4 rings (SSSR count). The Balaban J connectivity index is 0.00000133. The number of hydrogen-bond acceptors (Lipinski definition) is 2. The van der Waals surface area contributed by atoms with E-state index < -0.39 is 0 Å². The highest BCUT2D eigenvalue weighted by Crippen LogP contribution is 2.54. The molecule has 0 heterocycles. The molecule has 4 saturated carbocycles. The first kappa shape index (κ1) is 15.1. The highest BCUT2D eigenvalue weighted by atomic mass is 35.5. The summed E-state index contributed by atoms with van der Waals surface area (Å²) in [5.74, 6) is 3.94. The molecule has 4 heteroatoms. The molecule has 3 nitrogen and oxygen atoms in total. The van der Waals surface area contributed by atoms with E-state index in [0.717, 1.165) is 30.2 Å². The lowest BCUT2D eigenvalue weighted by Crippen LogP contribution is -2.56. The molecule has 0 saturated heterocycles. The van der Waals surface area contributed by atoms with Crippen molar-refractivity contribution < 1.29 is 4.79 Å². The minimum atomic E-state index is 0. The van der Waals surface area contributed by atoms with Crippen LogP contribution in [0, 0.1) is 23.7 Å². The summed E-state index contributed by atoms with van der Waals surface area (Å²) in [5, 5.41) is 3.07. The van der Waals surface area contributed by atoms with Crippen molar-refractivity contribution >= 4 is 18.3 Å². The van der Waals surface area contributed by atoms with Crippen molar-refractivity contribution in [2.75, 3.05) is 20.6 Å². The van der Waals surface area contributed by atoms with Gasteiger partial charge >= 0.3 is 0 Å². The van der Waals surface area contributed by atoms with Crippen LogP contribution in [0.3, 0.4) is 0 Å². The first-order valence-corrected chi connectivity index (χ1v) is 7.59. The Kier molecular flexibility index (Phi) is 4.78. The third-order valence-corrected chi connectivity index (χ3v) is 5.61. The third-order valence-electron chi connectivity index (χ3n) is 5.61. The number of nitrogens with zero attached hydrogens (tertiary/aromatic N) is 1. The summed E-state index contributed by atoms with van der Waals surface area (Å²) in [6, 6.07) is 0.558. The predicted molar refractivity (Wildman–Crippen MR) is 79.4 cm³/mol. The molecule has 0 aliphatic heterocycles. The van der Waals surface area contributed by atoms with E-state index in [1.165, 1.54) is 32.1 Å². The number of rotatable bonds is 4. The molecule has 4 fully saturated rings. The van der Waals surface area contributed by atoms with Gasteiger partial charge in [-0.05, 0) is 62.8 Å². The van der Waals surface area contributed by atoms with Crippen molar-refractivity contribution in [2.24, 2.45) is 23.7 Å². The van der Waals surface area contributed by atoms with Crippen molar-refractivity contribution in [3.8, 4) is 0 Å². The van der Waals surface area contributed by atoms with Gasteiger partial charge in [-0.2, -0.15) is 0 Å². The summed E-state index contributed by atoms with van der Waals surface area (Å²) < 4.78 is 0. The van der Waals surface area contributed by atoms with Crippen LogP contribution in [0.25, 0.3) is 0 Å². The highest BCUT2D eigenvalue weighted by Gasteiger charge is 2.50. The van der Waals surface area contributed by atoms with Gasteiger partial charge in [0.1, 0.15) is 0 Å². The van der Waals surface area contributed by atoms with E-state index in [1.807, 2.05) is 14.1 Å². The molecule has 1 amide bonds. The van der Waals surface area contributed by atoms with E-state index in [0.29, 0.717) is 18.4 Å². The predicted octanol–water partition coefficient (Wildman–Crippen LogP) is 2.30. The standard InChI is InChI=1S/C15H26N2O.ClH/c1-16-4-3-14(18)17(2)15-12-6-10-5-11(8-12)9-13(15)7-10;/h10-13,15-16H,3-9H2,1-2H3;1H. The van der Waals surface area contributed by atoms with Crippen LogP contribution in [0.1, 0.15) is 38.5 Å². The fourth-order valence-electron chi connectivity index (χ4n) is 5.10. The van der Waals surface area contributed by atoms with Gasteiger partial charge in [0.25, 0.3) is 0 Å². The van der Waals surface area contributed by atoms with Gasteiger partial charge in [-0.15, -0.1) is 12.4 Å². The van der Waals surface area contributed by atoms with Gasteiger partial charge in [0, 0.05) is 26.1 Å². The summed E-state index contributed by atoms with van der Waals surface area (Å²) in [6.07, 6.45) is 7.69. The number of carbonyl (C=O) groups is 1. The average Bonchev–Trinajstić information content (AvgIpc) is 2.34. The molecule has 0 aromatic heterocycles. The number of nitrogens with one attached hydrogen (secondary N) is 1. The molecule has 0 aromatic carbocycles. The largest absolute Gasteiger partial charge is 0.342 e. The van der Waals surface area contributed by atoms with Crippen LogP contribution in [0.15, 0.2) is 0 Å². The van der Waals surface area contributed by atoms with Crippen molar-refractivity contribution in [3.05, 3.63) is 0 Å².